The Balaban J connectivity index is 1.28. The second-order valence-electron chi connectivity index (χ2n) is 8.79. The highest BCUT2D eigenvalue weighted by Crippen LogP contribution is 2.34. The van der Waals surface area contributed by atoms with Crippen LogP contribution in [0.15, 0.2) is 30.5 Å². The maximum atomic E-state index is 13.1. The van der Waals surface area contributed by atoms with Crippen molar-refractivity contribution in [1.29, 1.82) is 0 Å². The molecule has 5 rings (SSSR count). The second kappa shape index (κ2) is 8.97. The van der Waals surface area contributed by atoms with E-state index in [1.165, 1.54) is 0 Å². The quantitative estimate of drug-likeness (QED) is 0.456. The number of hydrogen-bond donors (Lipinski definition) is 3. The molecule has 1 aromatic carbocycles. The minimum absolute atomic E-state index is 0.160. The molecule has 0 spiro atoms. The van der Waals surface area contributed by atoms with E-state index in [1.54, 1.807) is 17.2 Å². The molecule has 1 aromatic heterocycles. The summed E-state index contributed by atoms with van der Waals surface area (Å²) in [4.78, 5) is 46.6. The largest absolute Gasteiger partial charge is 0.382 e. The number of aromatic nitrogens is 2. The number of hydrogen-bond acceptors (Lipinski definition) is 7. The fourth-order valence-corrected chi connectivity index (χ4v) is 5.16. The number of amides is 3. The van der Waals surface area contributed by atoms with Crippen LogP contribution in [0.1, 0.15) is 54.4 Å². The number of nitrogens with one attached hydrogen (secondary N) is 3. The highest BCUT2D eigenvalue weighted by molar-refractivity contribution is 6.28. The van der Waals surface area contributed by atoms with Crippen molar-refractivity contribution in [3.63, 3.8) is 0 Å². The maximum Gasteiger partial charge on any atom is 0.255 e. The first-order valence-electron chi connectivity index (χ1n) is 11.3. The number of benzene rings is 1. The first-order valence-corrected chi connectivity index (χ1v) is 11.6. The molecule has 33 heavy (non-hydrogen) atoms. The van der Waals surface area contributed by atoms with Gasteiger partial charge in [-0.1, -0.05) is 6.07 Å². The van der Waals surface area contributed by atoms with Crippen molar-refractivity contribution in [3.05, 3.63) is 46.9 Å². The molecule has 172 valence electrons. The molecule has 3 N–H and O–H groups in total. The van der Waals surface area contributed by atoms with Gasteiger partial charge in [0.1, 0.15) is 11.9 Å². The molecule has 3 amide bonds. The summed E-state index contributed by atoms with van der Waals surface area (Å²) in [5.74, 6) is -0.126. The zero-order chi connectivity index (χ0) is 22.9. The fraction of sp³-hybridized carbons (Fsp3) is 0.435. The lowest BCUT2D eigenvalue weighted by atomic mass is 9.90. The van der Waals surface area contributed by atoms with E-state index in [0.29, 0.717) is 24.3 Å². The Morgan fingerprint density at radius 1 is 1.06 bits per heavy atom. The summed E-state index contributed by atoms with van der Waals surface area (Å²) in [5.41, 5.74) is 2.45. The number of halogens is 1. The second-order valence-corrected chi connectivity index (χ2v) is 9.13. The number of anilines is 2. The van der Waals surface area contributed by atoms with Gasteiger partial charge in [0, 0.05) is 48.1 Å². The SMILES string of the molecule is O=C1CCC(N2Cc3c(NC4CCCC(Nc5ccnc(Cl)n5)C4)cccc3C2=O)C(=O)N1. The standard InChI is InChI=1S/C23H25ClN6O3/c24-23-25-10-9-19(28-23)27-14-4-1-3-13(11-14)26-17-6-2-5-15-16(17)12-30(22(15)33)18-7-8-20(31)29-21(18)32/h2,5-6,9-10,13-14,18,26H,1,3-4,7-8,11-12H2,(H,25,27,28)(H,29,31,32). The van der Waals surface area contributed by atoms with E-state index in [1.807, 2.05) is 18.2 Å². The van der Waals surface area contributed by atoms with Gasteiger partial charge in [-0.15, -0.1) is 0 Å². The van der Waals surface area contributed by atoms with E-state index in [-0.39, 0.29) is 35.6 Å². The number of nitrogens with zero attached hydrogens (tertiary/aromatic N) is 3. The van der Waals surface area contributed by atoms with E-state index in [4.69, 9.17) is 11.6 Å². The first-order chi connectivity index (χ1) is 16.0. The normalized spacial score (nSPS) is 24.9. The van der Waals surface area contributed by atoms with Crippen molar-refractivity contribution in [1.82, 2.24) is 20.2 Å². The molecule has 2 fully saturated rings. The molecule has 0 radical (unpaired) electrons. The van der Waals surface area contributed by atoms with Gasteiger partial charge in [-0.3, -0.25) is 19.7 Å². The summed E-state index contributed by atoms with van der Waals surface area (Å²) in [6, 6.07) is 7.34. The van der Waals surface area contributed by atoms with Crippen molar-refractivity contribution >= 4 is 40.8 Å². The maximum absolute atomic E-state index is 13.1. The Kier molecular flexibility index (Phi) is 5.88. The van der Waals surface area contributed by atoms with Crippen molar-refractivity contribution in [2.24, 2.45) is 0 Å². The van der Waals surface area contributed by atoms with E-state index in [9.17, 15) is 14.4 Å². The molecular formula is C23H25ClN6O3. The van der Waals surface area contributed by atoms with E-state index in [2.05, 4.69) is 25.9 Å². The molecule has 3 atom stereocenters. The van der Waals surface area contributed by atoms with E-state index >= 15 is 0 Å². The summed E-state index contributed by atoms with van der Waals surface area (Å²) >= 11 is 5.90. The number of carbonyl (C=O) groups is 3. The molecule has 1 aliphatic carbocycles. The van der Waals surface area contributed by atoms with Gasteiger partial charge in [-0.25, -0.2) is 9.97 Å². The molecule has 0 bridgehead atoms. The number of fused-ring (bicyclic) bond motifs is 1. The number of piperidine rings is 1. The lowest BCUT2D eigenvalue weighted by Gasteiger charge is -2.32. The molecule has 1 saturated heterocycles. The zero-order valence-electron chi connectivity index (χ0n) is 18.0. The Morgan fingerprint density at radius 3 is 2.67 bits per heavy atom. The third kappa shape index (κ3) is 4.50. The van der Waals surface area contributed by atoms with Gasteiger partial charge in [0.15, 0.2) is 0 Å². The molecule has 2 aromatic rings. The molecule has 1 saturated carbocycles. The Labute approximate surface area is 196 Å². The Hall–Kier alpha value is -3.20. The first kappa shape index (κ1) is 21.6. The van der Waals surface area contributed by atoms with Gasteiger partial charge >= 0.3 is 0 Å². The number of carbonyl (C=O) groups excluding carboxylic acids is 3. The predicted octanol–water partition coefficient (Wildman–Crippen LogP) is 2.73. The topological polar surface area (TPSA) is 116 Å². The summed E-state index contributed by atoms with van der Waals surface area (Å²) in [6.07, 6.45) is 6.26. The van der Waals surface area contributed by atoms with Crippen LogP contribution in [0.2, 0.25) is 5.28 Å². The molecule has 3 unspecified atom stereocenters. The van der Waals surface area contributed by atoms with Gasteiger partial charge in [0.2, 0.25) is 17.1 Å². The van der Waals surface area contributed by atoms with Crippen LogP contribution in [0, 0.1) is 0 Å². The highest BCUT2D eigenvalue weighted by atomic mass is 35.5. The summed E-state index contributed by atoms with van der Waals surface area (Å²) < 4.78 is 0. The van der Waals surface area contributed by atoms with Crippen LogP contribution in [-0.2, 0) is 16.1 Å². The fourth-order valence-electron chi connectivity index (χ4n) is 5.02. The summed E-state index contributed by atoms with van der Waals surface area (Å²) in [6.45, 7) is 0.359. The van der Waals surface area contributed by atoms with E-state index < -0.39 is 11.9 Å². The minimum atomic E-state index is -0.613. The van der Waals surface area contributed by atoms with Crippen molar-refractivity contribution in [2.75, 3.05) is 10.6 Å². The van der Waals surface area contributed by atoms with Gasteiger partial charge < -0.3 is 15.5 Å². The molecule has 9 nitrogen and oxygen atoms in total. The van der Waals surface area contributed by atoms with Crippen LogP contribution in [0.25, 0.3) is 0 Å². The van der Waals surface area contributed by atoms with Crippen molar-refractivity contribution in [2.45, 2.75) is 63.2 Å². The van der Waals surface area contributed by atoms with Gasteiger partial charge in [0.05, 0.1) is 0 Å². The van der Waals surface area contributed by atoms with Gasteiger partial charge in [0.25, 0.3) is 5.91 Å². The third-order valence-corrected chi connectivity index (χ3v) is 6.78. The van der Waals surface area contributed by atoms with Crippen LogP contribution in [-0.4, -0.2) is 50.7 Å². The molecular weight excluding hydrogens is 444 g/mol. The Morgan fingerprint density at radius 2 is 1.88 bits per heavy atom. The van der Waals surface area contributed by atoms with Gasteiger partial charge in [-0.2, -0.15) is 0 Å². The molecule has 3 aliphatic rings. The minimum Gasteiger partial charge on any atom is -0.382 e. The molecule has 10 heteroatoms. The average molecular weight is 469 g/mol. The van der Waals surface area contributed by atoms with Gasteiger partial charge in [-0.05, 0) is 61.9 Å². The van der Waals surface area contributed by atoms with Crippen LogP contribution in [0.3, 0.4) is 0 Å². The summed E-state index contributed by atoms with van der Waals surface area (Å²) in [7, 11) is 0. The lowest BCUT2D eigenvalue weighted by molar-refractivity contribution is -0.136. The van der Waals surface area contributed by atoms with Crippen LogP contribution in [0.4, 0.5) is 11.5 Å². The Bertz CT molecular complexity index is 1110. The molecule has 3 heterocycles. The summed E-state index contributed by atoms with van der Waals surface area (Å²) in [5, 5.41) is 9.65. The van der Waals surface area contributed by atoms with Crippen LogP contribution < -0.4 is 16.0 Å². The predicted molar refractivity (Wildman–Crippen MR) is 123 cm³/mol. The molecule has 2 aliphatic heterocycles. The average Bonchev–Trinajstić information content (AvgIpc) is 3.11. The third-order valence-electron chi connectivity index (χ3n) is 6.59. The highest BCUT2D eigenvalue weighted by Gasteiger charge is 2.40. The smallest absolute Gasteiger partial charge is 0.255 e. The monoisotopic (exact) mass is 468 g/mol. The van der Waals surface area contributed by atoms with Crippen molar-refractivity contribution < 1.29 is 14.4 Å². The lowest BCUT2D eigenvalue weighted by Crippen LogP contribution is -2.52. The number of rotatable bonds is 5. The van der Waals surface area contributed by atoms with Crippen molar-refractivity contribution in [3.8, 4) is 0 Å². The van der Waals surface area contributed by atoms with Crippen LogP contribution in [0.5, 0.6) is 0 Å². The zero-order valence-corrected chi connectivity index (χ0v) is 18.8. The number of imide groups is 1. The van der Waals surface area contributed by atoms with E-state index in [0.717, 1.165) is 36.9 Å². The van der Waals surface area contributed by atoms with Crippen LogP contribution >= 0.6 is 11.6 Å².